The summed E-state index contributed by atoms with van der Waals surface area (Å²) in [7, 11) is -2.64. The Morgan fingerprint density at radius 1 is 1.22 bits per heavy atom. The van der Waals surface area contributed by atoms with Crippen LogP contribution in [-0.2, 0) is 19.6 Å². The second-order valence-corrected chi connectivity index (χ2v) is 8.98. The number of non-ortho nitro benzene ring substituents is 1. The van der Waals surface area contributed by atoms with Gasteiger partial charge in [-0.15, -0.1) is 0 Å². The summed E-state index contributed by atoms with van der Waals surface area (Å²) >= 11 is 0. The molecule has 0 saturated carbocycles. The lowest BCUT2D eigenvalue weighted by atomic mass is 10.2. The van der Waals surface area contributed by atoms with Gasteiger partial charge in [0, 0.05) is 36.6 Å². The summed E-state index contributed by atoms with van der Waals surface area (Å²) in [5.74, 6) is -0.521. The maximum absolute atomic E-state index is 12.6. The molecule has 0 unspecified atom stereocenters. The normalized spacial score (nSPS) is 14.0. The Labute approximate surface area is 185 Å². The summed E-state index contributed by atoms with van der Waals surface area (Å²) in [6.07, 6.45) is 0.912. The van der Waals surface area contributed by atoms with E-state index in [1.54, 1.807) is 12.1 Å². The van der Waals surface area contributed by atoms with Crippen LogP contribution in [0.5, 0.6) is 5.75 Å². The van der Waals surface area contributed by atoms with E-state index in [9.17, 15) is 23.3 Å². The molecule has 2 aromatic rings. The highest BCUT2D eigenvalue weighted by Gasteiger charge is 2.26. The average molecular weight is 465 g/mol. The van der Waals surface area contributed by atoms with Crippen molar-refractivity contribution < 1.29 is 27.6 Å². The molecule has 1 aliphatic heterocycles. The number of anilines is 3. The SMILES string of the molecule is COc1ccc([N+](=O)[O-])cc1N(CC(=O)Nc1ccc(N2CCOCC2)cc1)S(C)(=O)=O. The molecular weight excluding hydrogens is 440 g/mol. The number of rotatable bonds is 8. The molecule has 1 fully saturated rings. The van der Waals surface area contributed by atoms with E-state index >= 15 is 0 Å². The second-order valence-electron chi connectivity index (χ2n) is 7.08. The van der Waals surface area contributed by atoms with Crippen LogP contribution in [0.25, 0.3) is 0 Å². The predicted octanol–water partition coefficient (Wildman–Crippen LogP) is 1.84. The highest BCUT2D eigenvalue weighted by Crippen LogP contribution is 2.33. The molecule has 1 N–H and O–H groups in total. The van der Waals surface area contributed by atoms with Crippen molar-refractivity contribution in [1.29, 1.82) is 0 Å². The first-order chi connectivity index (χ1) is 15.2. The van der Waals surface area contributed by atoms with Crippen molar-refractivity contribution in [2.24, 2.45) is 0 Å². The molecule has 1 aliphatic rings. The van der Waals surface area contributed by atoms with Gasteiger partial charge in [0.15, 0.2) is 0 Å². The number of amides is 1. The summed E-state index contributed by atoms with van der Waals surface area (Å²) < 4.78 is 36.1. The van der Waals surface area contributed by atoms with Crippen molar-refractivity contribution >= 4 is 38.7 Å². The lowest BCUT2D eigenvalue weighted by Crippen LogP contribution is -2.37. The zero-order valence-electron chi connectivity index (χ0n) is 17.7. The molecule has 1 amide bonds. The van der Waals surface area contributed by atoms with Crippen LogP contribution in [0.15, 0.2) is 42.5 Å². The third kappa shape index (κ3) is 5.65. The molecule has 12 heteroatoms. The van der Waals surface area contributed by atoms with Crippen molar-refractivity contribution in [3.63, 3.8) is 0 Å². The van der Waals surface area contributed by atoms with Gasteiger partial charge < -0.3 is 19.7 Å². The minimum Gasteiger partial charge on any atom is -0.495 e. The zero-order valence-corrected chi connectivity index (χ0v) is 18.5. The third-order valence-corrected chi connectivity index (χ3v) is 5.98. The van der Waals surface area contributed by atoms with Gasteiger partial charge in [-0.3, -0.25) is 19.2 Å². The van der Waals surface area contributed by atoms with Crippen LogP contribution >= 0.6 is 0 Å². The number of sulfonamides is 1. The van der Waals surface area contributed by atoms with Crippen LogP contribution in [0.4, 0.5) is 22.7 Å². The number of methoxy groups -OCH3 is 1. The molecule has 2 aromatic carbocycles. The highest BCUT2D eigenvalue weighted by atomic mass is 32.2. The highest BCUT2D eigenvalue weighted by molar-refractivity contribution is 7.92. The first-order valence-electron chi connectivity index (χ1n) is 9.72. The summed E-state index contributed by atoms with van der Waals surface area (Å²) in [5.41, 5.74) is 1.06. The van der Waals surface area contributed by atoms with Gasteiger partial charge in [0.05, 0.1) is 31.5 Å². The Balaban J connectivity index is 1.78. The number of hydrogen-bond donors (Lipinski definition) is 1. The van der Waals surface area contributed by atoms with Gasteiger partial charge in [0.25, 0.3) is 5.69 Å². The number of carbonyl (C=O) groups is 1. The number of nitro groups is 1. The number of carbonyl (C=O) groups excluding carboxylic acids is 1. The molecule has 32 heavy (non-hydrogen) atoms. The van der Waals surface area contributed by atoms with Gasteiger partial charge in [0.1, 0.15) is 18.0 Å². The van der Waals surface area contributed by atoms with Gasteiger partial charge in [0.2, 0.25) is 15.9 Å². The van der Waals surface area contributed by atoms with Crippen LogP contribution in [0.1, 0.15) is 0 Å². The number of nitro benzene ring substituents is 1. The molecule has 0 bridgehead atoms. The van der Waals surface area contributed by atoms with Crippen LogP contribution < -0.4 is 19.3 Å². The van der Waals surface area contributed by atoms with Crippen LogP contribution in [0, 0.1) is 10.1 Å². The lowest BCUT2D eigenvalue weighted by Gasteiger charge is -2.29. The molecule has 0 aromatic heterocycles. The number of nitrogens with one attached hydrogen (secondary N) is 1. The standard InChI is InChI=1S/C20H24N4O7S/c1-30-19-8-7-17(24(26)27)13-18(19)23(32(2,28)29)14-20(25)21-15-3-5-16(6-4-15)22-9-11-31-12-10-22/h3-8,13H,9-12,14H2,1-2H3,(H,21,25). The van der Waals surface area contributed by atoms with Gasteiger partial charge >= 0.3 is 0 Å². The predicted molar refractivity (Wildman–Crippen MR) is 120 cm³/mol. The Morgan fingerprint density at radius 3 is 2.44 bits per heavy atom. The fourth-order valence-electron chi connectivity index (χ4n) is 3.28. The van der Waals surface area contributed by atoms with E-state index < -0.39 is 27.4 Å². The first-order valence-corrected chi connectivity index (χ1v) is 11.6. The van der Waals surface area contributed by atoms with Gasteiger partial charge in [-0.1, -0.05) is 0 Å². The van der Waals surface area contributed by atoms with Crippen molar-refractivity contribution in [2.75, 3.05) is 60.7 Å². The van der Waals surface area contributed by atoms with E-state index in [-0.39, 0.29) is 17.1 Å². The third-order valence-electron chi connectivity index (χ3n) is 4.86. The summed E-state index contributed by atoms with van der Waals surface area (Å²) in [6.45, 7) is 2.28. The Hall–Kier alpha value is -3.38. The summed E-state index contributed by atoms with van der Waals surface area (Å²) in [4.78, 5) is 25.3. The topological polar surface area (TPSA) is 131 Å². The molecule has 1 heterocycles. The number of benzene rings is 2. The number of ether oxygens (including phenoxy) is 2. The summed E-state index contributed by atoms with van der Waals surface area (Å²) in [6, 6.07) is 10.7. The van der Waals surface area contributed by atoms with Gasteiger partial charge in [-0.05, 0) is 30.3 Å². The van der Waals surface area contributed by atoms with E-state index in [0.29, 0.717) is 18.9 Å². The molecule has 0 spiro atoms. The van der Waals surface area contributed by atoms with Crippen molar-refractivity contribution in [3.8, 4) is 5.75 Å². The Morgan fingerprint density at radius 2 is 1.88 bits per heavy atom. The van der Waals surface area contributed by atoms with E-state index in [2.05, 4.69) is 10.2 Å². The fourth-order valence-corrected chi connectivity index (χ4v) is 4.13. The molecular formula is C20H24N4O7S. The monoisotopic (exact) mass is 464 g/mol. The van der Waals surface area contributed by atoms with Crippen LogP contribution in [0.3, 0.4) is 0 Å². The van der Waals surface area contributed by atoms with Crippen LogP contribution in [-0.4, -0.2) is 65.5 Å². The minimum absolute atomic E-state index is 0.0867. The van der Waals surface area contributed by atoms with E-state index in [1.807, 2.05) is 12.1 Å². The van der Waals surface area contributed by atoms with Gasteiger partial charge in [-0.25, -0.2) is 8.42 Å². The Kier molecular flexibility index (Phi) is 7.15. The maximum Gasteiger partial charge on any atom is 0.271 e. The number of nitrogens with zero attached hydrogens (tertiary/aromatic N) is 3. The average Bonchev–Trinajstić information content (AvgIpc) is 2.77. The zero-order chi connectivity index (χ0) is 23.3. The van der Waals surface area contributed by atoms with Crippen LogP contribution in [0.2, 0.25) is 0 Å². The molecule has 3 rings (SSSR count). The number of morpholine rings is 1. The first kappa shape index (κ1) is 23.3. The smallest absolute Gasteiger partial charge is 0.271 e. The maximum atomic E-state index is 12.6. The van der Waals surface area contributed by atoms with Crippen molar-refractivity contribution in [1.82, 2.24) is 0 Å². The molecule has 0 aliphatic carbocycles. The largest absolute Gasteiger partial charge is 0.495 e. The summed E-state index contributed by atoms with van der Waals surface area (Å²) in [5, 5.41) is 13.8. The number of hydrogen-bond acceptors (Lipinski definition) is 8. The molecule has 172 valence electrons. The second kappa shape index (κ2) is 9.83. The molecule has 0 atom stereocenters. The molecule has 1 saturated heterocycles. The minimum atomic E-state index is -3.95. The molecule has 11 nitrogen and oxygen atoms in total. The van der Waals surface area contributed by atoms with Crippen molar-refractivity contribution in [3.05, 3.63) is 52.6 Å². The quantitative estimate of drug-likeness (QED) is 0.462. The lowest BCUT2D eigenvalue weighted by molar-refractivity contribution is -0.384. The van der Waals surface area contributed by atoms with E-state index in [1.165, 1.54) is 19.2 Å². The molecule has 0 radical (unpaired) electrons. The fraction of sp³-hybridized carbons (Fsp3) is 0.350. The van der Waals surface area contributed by atoms with Crippen molar-refractivity contribution in [2.45, 2.75) is 0 Å². The van der Waals surface area contributed by atoms with Gasteiger partial charge in [-0.2, -0.15) is 0 Å². The van der Waals surface area contributed by atoms with E-state index in [4.69, 9.17) is 9.47 Å². The van der Waals surface area contributed by atoms with E-state index in [0.717, 1.165) is 35.4 Å². The Bertz CT molecular complexity index is 1080.